The van der Waals surface area contributed by atoms with Gasteiger partial charge in [-0.05, 0) is 38.8 Å². The van der Waals surface area contributed by atoms with Crippen molar-refractivity contribution in [1.82, 2.24) is 4.98 Å². The first-order chi connectivity index (χ1) is 8.74. The second kappa shape index (κ2) is 6.35. The predicted octanol–water partition coefficient (Wildman–Crippen LogP) is 5.18. The number of aromatic nitrogens is 1. The van der Waals surface area contributed by atoms with Crippen molar-refractivity contribution < 1.29 is 4.39 Å². The molecule has 102 valence electrons. The van der Waals surface area contributed by atoms with Crippen molar-refractivity contribution in [3.8, 4) is 0 Å². The molecule has 19 heavy (non-hydrogen) atoms. The topological polar surface area (TPSA) is 25.2 Å². The number of hydrogen-bond acceptors (Lipinski definition) is 3. The summed E-state index contributed by atoms with van der Waals surface area (Å²) in [5, 5.41) is 0.192. The van der Waals surface area contributed by atoms with Crippen molar-refractivity contribution in [3.05, 3.63) is 41.2 Å². The van der Waals surface area contributed by atoms with Gasteiger partial charge in [0, 0.05) is 22.1 Å². The molecular weight excluding hydrogens is 283 g/mol. The van der Waals surface area contributed by atoms with Crippen LogP contribution in [0.4, 0.5) is 4.39 Å². The Morgan fingerprint density at radius 1 is 1.47 bits per heavy atom. The number of rotatable bonds is 4. The monoisotopic (exact) mass is 298 g/mol. The third-order valence-electron chi connectivity index (χ3n) is 2.03. The first kappa shape index (κ1) is 15.9. The molecule has 2 nitrogen and oxygen atoms in total. The summed E-state index contributed by atoms with van der Waals surface area (Å²) in [5.74, 6) is -0.635. The average molecular weight is 299 g/mol. The fourth-order valence-corrected chi connectivity index (χ4v) is 1.90. The average Bonchev–Trinajstić information content (AvgIpc) is 2.29. The summed E-state index contributed by atoms with van der Waals surface area (Å²) in [6, 6.07) is 1.69. The number of halogens is 2. The Bertz CT molecular complexity index is 533. The maximum atomic E-state index is 13.2. The lowest BCUT2D eigenvalue weighted by molar-refractivity contribution is 0.755. The van der Waals surface area contributed by atoms with Crippen LogP contribution in [0.15, 0.2) is 23.6 Å². The molecule has 0 fully saturated rings. The second-order valence-electron chi connectivity index (χ2n) is 4.85. The molecule has 0 amide bonds. The lowest BCUT2D eigenvalue weighted by atomic mass is 10.1. The van der Waals surface area contributed by atoms with Gasteiger partial charge in [-0.15, -0.1) is 0 Å². The third kappa shape index (κ3) is 4.80. The highest BCUT2D eigenvalue weighted by molar-refractivity contribution is 7.99. The molecule has 0 aliphatic rings. The molecule has 0 N–H and O–H groups in total. The summed E-state index contributed by atoms with van der Waals surface area (Å²) in [6.07, 6.45) is 3.13. The van der Waals surface area contributed by atoms with Crippen LogP contribution in [0.1, 0.15) is 37.6 Å². The molecule has 0 aliphatic carbocycles. The van der Waals surface area contributed by atoms with Gasteiger partial charge in [0.2, 0.25) is 0 Å². The van der Waals surface area contributed by atoms with E-state index in [2.05, 4.69) is 43.3 Å². The minimum Gasteiger partial charge on any atom is -0.232 e. The fraction of sp³-hybridized carbons (Fsp3) is 0.286. The van der Waals surface area contributed by atoms with E-state index in [1.54, 1.807) is 12.3 Å². The van der Waals surface area contributed by atoms with Gasteiger partial charge in [0.05, 0.1) is 0 Å². The van der Waals surface area contributed by atoms with Gasteiger partial charge < -0.3 is 0 Å². The molecule has 0 radical (unpaired) electrons. The Morgan fingerprint density at radius 3 is 2.58 bits per heavy atom. The van der Waals surface area contributed by atoms with Gasteiger partial charge in [0.25, 0.3) is 0 Å². The molecule has 1 aromatic rings. The lowest BCUT2D eigenvalue weighted by Gasteiger charge is -2.12. The van der Waals surface area contributed by atoms with Crippen molar-refractivity contribution in [2.24, 2.45) is 4.40 Å². The Labute approximate surface area is 122 Å². The van der Waals surface area contributed by atoms with Crippen LogP contribution >= 0.6 is 23.5 Å². The highest BCUT2D eigenvalue weighted by atomic mass is 35.5. The molecule has 1 rings (SSSR count). The summed E-state index contributed by atoms with van der Waals surface area (Å²) in [5.41, 5.74) is 1.28. The molecule has 0 spiro atoms. The molecule has 0 bridgehead atoms. The van der Waals surface area contributed by atoms with Crippen molar-refractivity contribution in [3.63, 3.8) is 0 Å². The Hall–Kier alpha value is -1.13. The maximum absolute atomic E-state index is 13.2. The highest BCUT2D eigenvalue weighted by Crippen LogP contribution is 2.26. The van der Waals surface area contributed by atoms with E-state index in [1.807, 2.05) is 0 Å². The third-order valence-corrected chi connectivity index (χ3v) is 3.09. The summed E-state index contributed by atoms with van der Waals surface area (Å²) < 4.78 is 17.5. The van der Waals surface area contributed by atoms with Crippen LogP contribution < -0.4 is 0 Å². The molecule has 0 saturated heterocycles. The molecule has 0 unspecified atom stereocenters. The highest BCUT2D eigenvalue weighted by Gasteiger charge is 2.12. The van der Waals surface area contributed by atoms with E-state index >= 15 is 0 Å². The largest absolute Gasteiger partial charge is 0.232 e. The number of nitrogens with zero attached hydrogens (tertiary/aromatic N) is 2. The van der Waals surface area contributed by atoms with Gasteiger partial charge in [0.1, 0.15) is 16.7 Å². The van der Waals surface area contributed by atoms with E-state index in [0.717, 1.165) is 0 Å². The quantitative estimate of drug-likeness (QED) is 0.434. The van der Waals surface area contributed by atoms with E-state index in [4.69, 9.17) is 11.6 Å². The van der Waals surface area contributed by atoms with Crippen LogP contribution in [-0.2, 0) is 0 Å². The summed E-state index contributed by atoms with van der Waals surface area (Å²) in [6.45, 7) is 13.0. The van der Waals surface area contributed by atoms with Crippen molar-refractivity contribution >= 4 is 41.7 Å². The zero-order chi connectivity index (χ0) is 14.6. The van der Waals surface area contributed by atoms with E-state index in [1.165, 1.54) is 18.0 Å². The fourth-order valence-electron chi connectivity index (χ4n) is 1.23. The van der Waals surface area contributed by atoms with E-state index < -0.39 is 5.83 Å². The lowest BCUT2D eigenvalue weighted by Crippen LogP contribution is -2.05. The van der Waals surface area contributed by atoms with Crippen molar-refractivity contribution in [2.45, 2.75) is 25.5 Å². The normalized spacial score (nSPS) is 11.8. The first-order valence-electron chi connectivity index (χ1n) is 5.64. The van der Waals surface area contributed by atoms with Crippen LogP contribution in [0.25, 0.3) is 11.9 Å². The molecule has 0 aliphatic heterocycles. The van der Waals surface area contributed by atoms with Gasteiger partial charge in [-0.25, -0.2) is 13.8 Å². The summed E-state index contributed by atoms with van der Waals surface area (Å²) >= 11 is 7.43. The van der Waals surface area contributed by atoms with Gasteiger partial charge in [-0.3, -0.25) is 0 Å². The maximum Gasteiger partial charge on any atom is 0.142 e. The van der Waals surface area contributed by atoms with Gasteiger partial charge in [-0.1, -0.05) is 30.8 Å². The molecule has 0 saturated carbocycles. The zero-order valence-electron chi connectivity index (χ0n) is 11.2. The first-order valence-corrected chi connectivity index (χ1v) is 6.79. The van der Waals surface area contributed by atoms with Crippen LogP contribution in [0.2, 0.25) is 5.15 Å². The molecule has 1 aromatic heterocycles. The van der Waals surface area contributed by atoms with Gasteiger partial charge >= 0.3 is 0 Å². The Morgan fingerprint density at radius 2 is 2.11 bits per heavy atom. The summed E-state index contributed by atoms with van der Waals surface area (Å²) in [4.78, 5) is 3.98. The van der Waals surface area contributed by atoms with Crippen LogP contribution in [0.5, 0.6) is 0 Å². The number of hydrogen-bond donors (Lipinski definition) is 0. The zero-order valence-corrected chi connectivity index (χ0v) is 12.8. The van der Waals surface area contributed by atoms with Crippen LogP contribution in [0, 0.1) is 0 Å². The van der Waals surface area contributed by atoms with E-state index in [9.17, 15) is 4.39 Å². The molecule has 1 heterocycles. The van der Waals surface area contributed by atoms with Crippen molar-refractivity contribution in [2.75, 3.05) is 0 Å². The number of pyridine rings is 1. The molecule has 0 aromatic carbocycles. The Balaban J connectivity index is 3.10. The van der Waals surface area contributed by atoms with Gasteiger partial charge in [0.15, 0.2) is 0 Å². The van der Waals surface area contributed by atoms with Crippen molar-refractivity contribution in [1.29, 1.82) is 0 Å². The predicted molar refractivity (Wildman–Crippen MR) is 84.4 cm³/mol. The minimum atomic E-state index is -0.635. The minimum absolute atomic E-state index is 0.0187. The van der Waals surface area contributed by atoms with Crippen LogP contribution in [-0.4, -0.2) is 15.9 Å². The van der Waals surface area contributed by atoms with Crippen LogP contribution in [0.3, 0.4) is 0 Å². The standard InChI is InChI=1S/C14H16ClFN2S/c1-6-10-7-11(8-17-19-14(3,4)5)13(15)18-12(10)9(2)16/h6-8H,1-2H2,3-5H3/b17-8+. The summed E-state index contributed by atoms with van der Waals surface area (Å²) in [7, 11) is 0. The molecular formula is C14H16ClFN2S. The van der Waals surface area contributed by atoms with Gasteiger partial charge in [-0.2, -0.15) is 0 Å². The smallest absolute Gasteiger partial charge is 0.142 e. The van der Waals surface area contributed by atoms with E-state index in [0.29, 0.717) is 11.1 Å². The Kier molecular flexibility index (Phi) is 5.32. The molecule has 5 heteroatoms. The van der Waals surface area contributed by atoms with E-state index in [-0.39, 0.29) is 15.6 Å². The second-order valence-corrected chi connectivity index (χ2v) is 6.83. The molecule has 0 atom stereocenters. The SMILES string of the molecule is C=Cc1cc(/C=N/SC(C)(C)C)c(Cl)nc1C(=C)F.